The fourth-order valence-electron chi connectivity index (χ4n) is 2.57. The maximum absolute atomic E-state index is 12.3. The Hall–Kier alpha value is -2.52. The van der Waals surface area contributed by atoms with Gasteiger partial charge in [-0.25, -0.2) is 9.79 Å². The van der Waals surface area contributed by atoms with Gasteiger partial charge < -0.3 is 4.74 Å². The Balaban J connectivity index is 1.85. The second kappa shape index (κ2) is 9.11. The zero-order valence-electron chi connectivity index (χ0n) is 16.1. The van der Waals surface area contributed by atoms with Crippen molar-refractivity contribution in [1.82, 2.24) is 19.8 Å². The van der Waals surface area contributed by atoms with E-state index in [1.165, 1.54) is 9.36 Å². The van der Waals surface area contributed by atoms with Crippen LogP contribution in [-0.2, 0) is 12.8 Å². The van der Waals surface area contributed by atoms with Gasteiger partial charge in [0.25, 0.3) is 0 Å². The smallest absolute Gasteiger partial charge is 0.368 e. The van der Waals surface area contributed by atoms with Gasteiger partial charge in [-0.3, -0.25) is 0 Å². The predicted molar refractivity (Wildman–Crippen MR) is 116 cm³/mol. The summed E-state index contributed by atoms with van der Waals surface area (Å²) in [5.41, 5.74) is 3.47. The molecule has 0 radical (unpaired) electrons. The first-order valence-electron chi connectivity index (χ1n) is 8.51. The molecule has 3 rings (SSSR count). The number of hydrogen-bond acceptors (Lipinski definition) is 7. The Kier molecular flexibility index (Phi) is 6.58. The maximum atomic E-state index is 12.3. The Morgan fingerprint density at radius 3 is 2.54 bits per heavy atom. The van der Waals surface area contributed by atoms with Crippen molar-refractivity contribution in [2.75, 3.05) is 13.4 Å². The molecule has 0 unspecified atom stereocenters. The first kappa shape index (κ1) is 20.2. The van der Waals surface area contributed by atoms with Crippen molar-refractivity contribution in [3.8, 4) is 11.4 Å². The van der Waals surface area contributed by atoms with Gasteiger partial charge in [0, 0.05) is 12.8 Å². The molecule has 0 saturated carbocycles. The van der Waals surface area contributed by atoms with Crippen LogP contribution in [0, 0.1) is 6.92 Å². The van der Waals surface area contributed by atoms with E-state index >= 15 is 0 Å². The van der Waals surface area contributed by atoms with E-state index in [-0.39, 0.29) is 5.69 Å². The van der Waals surface area contributed by atoms with Gasteiger partial charge in [0.1, 0.15) is 10.1 Å². The monoisotopic (exact) mass is 415 g/mol. The van der Waals surface area contributed by atoms with Crippen molar-refractivity contribution >= 4 is 33.6 Å². The van der Waals surface area contributed by atoms with Gasteiger partial charge in [-0.05, 0) is 65.1 Å². The van der Waals surface area contributed by atoms with E-state index < -0.39 is 0 Å². The molecule has 0 bridgehead atoms. The van der Waals surface area contributed by atoms with Crippen LogP contribution in [0.25, 0.3) is 5.69 Å². The van der Waals surface area contributed by atoms with Crippen molar-refractivity contribution in [2.24, 2.45) is 12.0 Å². The average Bonchev–Trinajstić information content (AvgIpc) is 3.04. The number of aliphatic imine (C=N–C) groups is 1. The molecule has 1 heterocycles. The Morgan fingerprint density at radius 2 is 1.93 bits per heavy atom. The van der Waals surface area contributed by atoms with Crippen molar-refractivity contribution in [3.63, 3.8) is 0 Å². The minimum Gasteiger partial charge on any atom is -0.497 e. The van der Waals surface area contributed by atoms with E-state index in [9.17, 15) is 4.79 Å². The summed E-state index contributed by atoms with van der Waals surface area (Å²) in [5, 5.41) is 7.80. The van der Waals surface area contributed by atoms with Crippen molar-refractivity contribution < 1.29 is 4.74 Å². The van der Waals surface area contributed by atoms with Gasteiger partial charge in [-0.2, -0.15) is 9.36 Å². The number of methoxy groups -OCH3 is 1. The molecule has 7 nitrogen and oxygen atoms in total. The number of aryl methyl sites for hydroxylation is 2. The summed E-state index contributed by atoms with van der Waals surface area (Å²) in [6.45, 7) is 2.03. The second-order valence-corrected chi connectivity index (χ2v) is 7.96. The van der Waals surface area contributed by atoms with Gasteiger partial charge >= 0.3 is 5.69 Å². The van der Waals surface area contributed by atoms with Gasteiger partial charge in [-0.1, -0.05) is 23.9 Å². The summed E-state index contributed by atoms with van der Waals surface area (Å²) in [4.78, 5) is 17.0. The van der Waals surface area contributed by atoms with Crippen LogP contribution in [-0.4, -0.2) is 37.5 Å². The molecular formula is C19H21N5O2S2. The molecule has 0 atom stereocenters. The minimum absolute atomic E-state index is 0.270. The van der Waals surface area contributed by atoms with E-state index in [4.69, 9.17) is 9.73 Å². The lowest BCUT2D eigenvalue weighted by Gasteiger charge is -2.11. The molecule has 1 aromatic heterocycles. The Bertz CT molecular complexity index is 1040. The van der Waals surface area contributed by atoms with E-state index in [1.807, 2.05) is 55.6 Å². The van der Waals surface area contributed by atoms with E-state index in [2.05, 4.69) is 10.4 Å². The predicted octanol–water partition coefficient (Wildman–Crippen LogP) is 3.57. The summed E-state index contributed by atoms with van der Waals surface area (Å²) in [5.74, 6) is 1.47. The normalized spacial score (nSPS) is 11.6. The SMILES string of the molecule is COc1ccc(/N=C(/SC)SCc2c(C)cccc2-n2nnn(C)c2=O)cc1. The van der Waals surface area contributed by atoms with Crippen LogP contribution < -0.4 is 10.4 Å². The van der Waals surface area contributed by atoms with Crippen molar-refractivity contribution in [1.29, 1.82) is 0 Å². The molecule has 0 fully saturated rings. The molecule has 0 aliphatic carbocycles. The summed E-state index contributed by atoms with van der Waals surface area (Å²) in [6, 6.07) is 13.5. The third kappa shape index (κ3) is 4.48. The summed E-state index contributed by atoms with van der Waals surface area (Å²) in [6.07, 6.45) is 2.00. The lowest BCUT2D eigenvalue weighted by Crippen LogP contribution is -2.23. The molecule has 0 aliphatic heterocycles. The molecule has 146 valence electrons. The van der Waals surface area contributed by atoms with Crippen LogP contribution in [0.15, 0.2) is 52.3 Å². The van der Waals surface area contributed by atoms with Gasteiger partial charge in [0.05, 0.1) is 18.5 Å². The molecule has 0 spiro atoms. The summed E-state index contributed by atoms with van der Waals surface area (Å²) in [7, 11) is 3.23. The molecule has 0 amide bonds. The molecule has 28 heavy (non-hydrogen) atoms. The van der Waals surface area contributed by atoms with Crippen molar-refractivity contribution in [2.45, 2.75) is 12.7 Å². The summed E-state index contributed by atoms with van der Waals surface area (Å²) < 4.78 is 8.68. The number of aromatic nitrogens is 4. The first-order valence-corrected chi connectivity index (χ1v) is 10.7. The fourth-order valence-corrected chi connectivity index (χ4v) is 4.23. The molecule has 0 saturated heterocycles. The summed E-state index contributed by atoms with van der Waals surface area (Å²) >= 11 is 3.22. The molecule has 0 N–H and O–H groups in total. The van der Waals surface area contributed by atoms with Crippen LogP contribution in [0.1, 0.15) is 11.1 Å². The van der Waals surface area contributed by atoms with E-state index in [0.29, 0.717) is 5.75 Å². The first-order chi connectivity index (χ1) is 13.5. The maximum Gasteiger partial charge on any atom is 0.368 e. The number of nitrogens with zero attached hydrogens (tertiary/aromatic N) is 5. The van der Waals surface area contributed by atoms with Crippen LogP contribution in [0.5, 0.6) is 5.75 Å². The van der Waals surface area contributed by atoms with Crippen molar-refractivity contribution in [3.05, 3.63) is 64.1 Å². The van der Waals surface area contributed by atoms with Crippen LogP contribution in [0.2, 0.25) is 0 Å². The minimum atomic E-state index is -0.270. The molecular weight excluding hydrogens is 394 g/mol. The van der Waals surface area contributed by atoms with Gasteiger partial charge in [0.2, 0.25) is 0 Å². The molecule has 2 aromatic carbocycles. The highest BCUT2D eigenvalue weighted by atomic mass is 32.2. The number of rotatable bonds is 5. The van der Waals surface area contributed by atoms with Crippen LogP contribution in [0.4, 0.5) is 5.69 Å². The van der Waals surface area contributed by atoms with Crippen LogP contribution in [0.3, 0.4) is 0 Å². The quantitative estimate of drug-likeness (QED) is 0.468. The average molecular weight is 416 g/mol. The fraction of sp³-hybridized carbons (Fsp3) is 0.263. The highest BCUT2D eigenvalue weighted by Crippen LogP contribution is 2.28. The number of ether oxygens (including phenoxy) is 1. The number of tetrazole rings is 1. The number of thioether (sulfide) groups is 2. The lowest BCUT2D eigenvalue weighted by molar-refractivity contribution is 0.415. The van der Waals surface area contributed by atoms with E-state index in [1.54, 1.807) is 37.7 Å². The topological polar surface area (TPSA) is 74.3 Å². The van der Waals surface area contributed by atoms with E-state index in [0.717, 1.165) is 32.6 Å². The zero-order chi connectivity index (χ0) is 20.1. The largest absolute Gasteiger partial charge is 0.497 e. The molecule has 0 aliphatic rings. The second-order valence-electron chi connectivity index (χ2n) is 5.94. The highest BCUT2D eigenvalue weighted by molar-refractivity contribution is 8.38. The Morgan fingerprint density at radius 1 is 1.18 bits per heavy atom. The lowest BCUT2D eigenvalue weighted by atomic mass is 10.1. The Labute approximate surface area is 171 Å². The number of hydrogen-bond donors (Lipinski definition) is 0. The molecule has 3 aromatic rings. The standard InChI is InChI=1S/C19H21N5O2S2/c1-13-6-5-7-17(24-19(25)23(2)21-22-24)16(13)12-28-18(27-4)20-14-8-10-15(26-3)11-9-14/h5-11H,12H2,1-4H3/b20-18-. The van der Waals surface area contributed by atoms with Crippen LogP contribution >= 0.6 is 23.5 Å². The van der Waals surface area contributed by atoms with Gasteiger partial charge in [0.15, 0.2) is 0 Å². The zero-order valence-corrected chi connectivity index (χ0v) is 17.8. The van der Waals surface area contributed by atoms with Gasteiger partial charge in [-0.15, -0.1) is 11.8 Å². The third-order valence-electron chi connectivity index (χ3n) is 4.14. The third-order valence-corrected chi connectivity index (χ3v) is 6.21. The number of benzene rings is 2. The highest BCUT2D eigenvalue weighted by Gasteiger charge is 2.14. The molecule has 9 heteroatoms.